The molecule has 1 fully saturated rings. The molecule has 7 nitrogen and oxygen atoms in total. The van der Waals surface area contributed by atoms with Crippen LogP contribution in [-0.4, -0.2) is 42.9 Å². The van der Waals surface area contributed by atoms with Crippen molar-refractivity contribution in [3.05, 3.63) is 54.1 Å². The van der Waals surface area contributed by atoms with Gasteiger partial charge in [0, 0.05) is 23.9 Å². The van der Waals surface area contributed by atoms with Gasteiger partial charge in [0.25, 0.3) is 0 Å². The molecule has 0 atom stereocenters. The van der Waals surface area contributed by atoms with Crippen molar-refractivity contribution in [3.8, 4) is 16.9 Å². The van der Waals surface area contributed by atoms with E-state index in [0.717, 1.165) is 44.6 Å². The minimum Gasteiger partial charge on any atom is -0.496 e. The van der Waals surface area contributed by atoms with E-state index in [1.54, 1.807) is 12.0 Å². The first kappa shape index (κ1) is 24.4. The third-order valence-corrected chi connectivity index (χ3v) is 5.33. The van der Waals surface area contributed by atoms with Crippen molar-refractivity contribution in [2.45, 2.75) is 39.4 Å². The summed E-state index contributed by atoms with van der Waals surface area (Å²) in [6.07, 6.45) is -1.48. The predicted molar refractivity (Wildman–Crippen MR) is 134 cm³/mol. The summed E-state index contributed by atoms with van der Waals surface area (Å²) in [6.45, 7) is 8.66. The number of nitrogens with zero attached hydrogens (tertiary/aromatic N) is 1. The molecule has 0 bridgehead atoms. The van der Waals surface area contributed by atoms with Gasteiger partial charge in [0.05, 0.1) is 13.7 Å². The third kappa shape index (κ3) is 5.56. The molecule has 0 radical (unpaired) electrons. The number of rotatable bonds is 3. The van der Waals surface area contributed by atoms with E-state index in [9.17, 15) is 4.79 Å². The van der Waals surface area contributed by atoms with Gasteiger partial charge < -0.3 is 25.4 Å². The first-order valence-corrected chi connectivity index (χ1v) is 10.8. The Balaban J connectivity index is 0.000000758. The Morgan fingerprint density at radius 2 is 1.73 bits per heavy atom. The molecule has 1 aliphatic heterocycles. The third-order valence-electron chi connectivity index (χ3n) is 5.33. The topological polar surface area (TPSA) is 105 Å². The second-order valence-corrected chi connectivity index (χ2v) is 9.04. The molecule has 4 N–H and O–H groups in total. The van der Waals surface area contributed by atoms with Crippen LogP contribution in [0.4, 0.5) is 16.2 Å². The molecule has 1 aliphatic rings. The highest BCUT2D eigenvalue weighted by Crippen LogP contribution is 2.43. The van der Waals surface area contributed by atoms with Crippen LogP contribution in [0, 0.1) is 0 Å². The summed E-state index contributed by atoms with van der Waals surface area (Å²) < 4.78 is 11.0. The number of methoxy groups -OCH3 is 1. The van der Waals surface area contributed by atoms with E-state index in [0.29, 0.717) is 13.2 Å². The largest absolute Gasteiger partial charge is 0.496 e. The second kappa shape index (κ2) is 9.68. The Bertz CT molecular complexity index is 1160. The summed E-state index contributed by atoms with van der Waals surface area (Å²) in [7, 11) is 1.69. The summed E-state index contributed by atoms with van der Waals surface area (Å²) in [5, 5.41) is 17.4. The lowest BCUT2D eigenvalue weighted by Crippen LogP contribution is -2.24. The van der Waals surface area contributed by atoms with Crippen LogP contribution >= 0.6 is 0 Å². The molecule has 0 unspecified atom stereocenters. The quantitative estimate of drug-likeness (QED) is 0.383. The molecule has 178 valence electrons. The number of hydrogen-bond donors (Lipinski definition) is 3. The maximum absolute atomic E-state index is 12.2. The number of aliphatic hydroxyl groups excluding tert-OH is 1. The van der Waals surface area contributed by atoms with Crippen molar-refractivity contribution < 1.29 is 25.9 Å². The fourth-order valence-electron chi connectivity index (χ4n) is 3.82. The molecule has 3 aromatic rings. The van der Waals surface area contributed by atoms with Crippen molar-refractivity contribution in [2.75, 3.05) is 30.9 Å². The van der Waals surface area contributed by atoms with Crippen molar-refractivity contribution in [2.24, 2.45) is 0 Å². The van der Waals surface area contributed by atoms with E-state index in [1.807, 2.05) is 30.3 Å². The van der Waals surface area contributed by atoms with Gasteiger partial charge in [-0.25, -0.2) is 4.79 Å². The molecule has 3 aromatic carbocycles. The first-order valence-electron chi connectivity index (χ1n) is 10.8. The van der Waals surface area contributed by atoms with Gasteiger partial charge in [-0.1, -0.05) is 39.0 Å². The van der Waals surface area contributed by atoms with Crippen molar-refractivity contribution >= 4 is 28.2 Å². The number of hydrogen-bond acceptors (Lipinski definition) is 6. The number of cyclic esters (lactones) is 1. The number of nitrogen functional groups attached to an aromatic ring is 1. The monoisotopic (exact) mass is 454 g/mol. The van der Waals surface area contributed by atoms with Crippen LogP contribution in [0.15, 0.2) is 48.5 Å². The SMILES string of the molecule is CC(O)O.COc1c(-c2ccc3cc(N)ccc3c2)cc(N2CCOC2=O)cc1C(C)(C)C.[HH]. The number of carbonyl (C=O) groups excluding carboxylic acids is 1. The lowest BCUT2D eigenvalue weighted by atomic mass is 9.83. The highest BCUT2D eigenvalue weighted by atomic mass is 16.6. The first-order chi connectivity index (χ1) is 15.5. The van der Waals surface area contributed by atoms with Crippen molar-refractivity contribution in [1.29, 1.82) is 0 Å². The average Bonchev–Trinajstić information content (AvgIpc) is 3.17. The zero-order valence-corrected chi connectivity index (χ0v) is 19.8. The maximum atomic E-state index is 12.2. The van der Waals surface area contributed by atoms with E-state index >= 15 is 0 Å². The molecule has 4 rings (SSSR count). The predicted octanol–water partition coefficient (Wildman–Crippen LogP) is 4.91. The van der Waals surface area contributed by atoms with E-state index in [1.165, 1.54) is 6.92 Å². The molecule has 1 heterocycles. The highest BCUT2D eigenvalue weighted by Gasteiger charge is 2.29. The van der Waals surface area contributed by atoms with Gasteiger partial charge in [-0.2, -0.15) is 0 Å². The number of nitrogens with two attached hydrogens (primary N) is 1. The Morgan fingerprint density at radius 3 is 2.30 bits per heavy atom. The smallest absolute Gasteiger partial charge is 0.414 e. The van der Waals surface area contributed by atoms with E-state index in [-0.39, 0.29) is 12.9 Å². The van der Waals surface area contributed by atoms with Crippen LogP contribution in [0.1, 0.15) is 34.7 Å². The normalized spacial score (nSPS) is 13.7. The fraction of sp³-hybridized carbons (Fsp3) is 0.346. The fourth-order valence-corrected chi connectivity index (χ4v) is 3.82. The summed E-state index contributed by atoms with van der Waals surface area (Å²) in [6, 6.07) is 16.2. The van der Waals surface area contributed by atoms with Crippen molar-refractivity contribution in [3.63, 3.8) is 0 Å². The molecule has 7 heteroatoms. The standard InChI is InChI=1S/C24H26N2O3.C2H6O2.H2/c1-24(2,3)21-14-19(26-9-10-29-23(26)27)13-20(22(21)28-4)17-6-5-16-12-18(25)8-7-15(16)11-17;1-2(3)4;/h5-8,11-14H,9-10,25H2,1-4H3;2-4H,1H3;1H. The van der Waals surface area contributed by atoms with Gasteiger partial charge >= 0.3 is 6.09 Å². The molecule has 0 saturated carbocycles. The minimum atomic E-state index is -1.17. The number of carbonyl (C=O) groups is 1. The number of anilines is 2. The summed E-state index contributed by atoms with van der Waals surface area (Å²) in [4.78, 5) is 13.9. The number of amides is 1. The van der Waals surface area contributed by atoms with E-state index < -0.39 is 6.29 Å². The molecular formula is C26H34N2O5. The van der Waals surface area contributed by atoms with Crippen LogP contribution in [0.5, 0.6) is 5.75 Å². The summed E-state index contributed by atoms with van der Waals surface area (Å²) >= 11 is 0. The van der Waals surface area contributed by atoms with E-state index in [2.05, 4.69) is 39.0 Å². The second-order valence-electron chi connectivity index (χ2n) is 9.04. The van der Waals surface area contributed by atoms with Crippen LogP contribution in [0.2, 0.25) is 0 Å². The van der Waals surface area contributed by atoms with Crippen LogP contribution in [0.25, 0.3) is 21.9 Å². The molecule has 1 saturated heterocycles. The number of benzene rings is 3. The van der Waals surface area contributed by atoms with Gasteiger partial charge in [0.15, 0.2) is 0 Å². The summed E-state index contributed by atoms with van der Waals surface area (Å²) in [5.41, 5.74) is 10.4. The Labute approximate surface area is 195 Å². The van der Waals surface area contributed by atoms with Gasteiger partial charge in [0.2, 0.25) is 0 Å². The average molecular weight is 455 g/mol. The highest BCUT2D eigenvalue weighted by molar-refractivity contribution is 5.94. The zero-order chi connectivity index (χ0) is 24.3. The van der Waals surface area contributed by atoms with Crippen molar-refractivity contribution in [1.82, 2.24) is 0 Å². The molecule has 33 heavy (non-hydrogen) atoms. The molecular weight excluding hydrogens is 420 g/mol. The lowest BCUT2D eigenvalue weighted by Gasteiger charge is -2.27. The maximum Gasteiger partial charge on any atom is 0.414 e. The molecule has 0 spiro atoms. The Kier molecular flexibility index (Phi) is 7.15. The number of ether oxygens (including phenoxy) is 2. The van der Waals surface area contributed by atoms with Crippen LogP contribution in [0.3, 0.4) is 0 Å². The van der Waals surface area contributed by atoms with E-state index in [4.69, 9.17) is 25.4 Å². The van der Waals surface area contributed by atoms with Crippen LogP contribution in [-0.2, 0) is 10.2 Å². The zero-order valence-electron chi connectivity index (χ0n) is 19.8. The van der Waals surface area contributed by atoms with Gasteiger partial charge in [-0.05, 0) is 59.0 Å². The van der Waals surface area contributed by atoms with Gasteiger partial charge in [-0.15, -0.1) is 0 Å². The Hall–Kier alpha value is -3.29. The summed E-state index contributed by atoms with van der Waals surface area (Å²) in [5.74, 6) is 0.823. The molecule has 1 amide bonds. The molecule has 0 aromatic heterocycles. The number of aliphatic hydroxyl groups is 2. The minimum absolute atomic E-state index is 0. The lowest BCUT2D eigenvalue weighted by molar-refractivity contribution is -0.0228. The van der Waals surface area contributed by atoms with Gasteiger partial charge in [-0.3, -0.25) is 4.90 Å². The Morgan fingerprint density at radius 1 is 1.09 bits per heavy atom. The van der Waals surface area contributed by atoms with Crippen LogP contribution < -0.4 is 15.4 Å². The number of fused-ring (bicyclic) bond motifs is 1. The van der Waals surface area contributed by atoms with Gasteiger partial charge in [0.1, 0.15) is 18.6 Å². The molecule has 0 aliphatic carbocycles.